The van der Waals surface area contributed by atoms with Gasteiger partial charge in [0.05, 0.1) is 0 Å². The standard InChI is InChI=1S/C17H13ClN2O/c18-15-5-7-16(8-6-15)19-17(21)12-20-10-9-13-3-1-2-4-14(13)11-20/h1-11H,12H2/p+1. The first-order chi connectivity index (χ1) is 10.2. The molecule has 1 amide bonds. The van der Waals surface area contributed by atoms with Crippen LogP contribution in [0.5, 0.6) is 0 Å². The maximum absolute atomic E-state index is 12.0. The molecular weight excluding hydrogens is 284 g/mol. The van der Waals surface area contributed by atoms with Gasteiger partial charge in [0.25, 0.3) is 5.91 Å². The van der Waals surface area contributed by atoms with Crippen molar-refractivity contribution in [1.29, 1.82) is 0 Å². The lowest BCUT2D eigenvalue weighted by Gasteiger charge is -2.03. The summed E-state index contributed by atoms with van der Waals surface area (Å²) in [5.41, 5.74) is 0.741. The molecule has 4 heteroatoms. The predicted octanol–water partition coefficient (Wildman–Crippen LogP) is 3.42. The summed E-state index contributed by atoms with van der Waals surface area (Å²) in [7, 11) is 0. The fraction of sp³-hybridized carbons (Fsp3) is 0.0588. The molecule has 0 aliphatic carbocycles. The first-order valence-electron chi connectivity index (χ1n) is 6.64. The lowest BCUT2D eigenvalue weighted by atomic mass is 10.2. The van der Waals surface area contributed by atoms with E-state index in [9.17, 15) is 4.79 Å². The van der Waals surface area contributed by atoms with E-state index in [0.29, 0.717) is 5.02 Å². The molecular formula is C17H14ClN2O+. The minimum Gasteiger partial charge on any atom is -0.321 e. The first kappa shape index (κ1) is 13.6. The van der Waals surface area contributed by atoms with Crippen LogP contribution in [-0.4, -0.2) is 5.91 Å². The lowest BCUT2D eigenvalue weighted by molar-refractivity contribution is -0.682. The fourth-order valence-electron chi connectivity index (χ4n) is 2.18. The minimum absolute atomic E-state index is 0.0717. The van der Waals surface area contributed by atoms with Crippen molar-refractivity contribution in [3.63, 3.8) is 0 Å². The number of nitrogens with one attached hydrogen (secondary N) is 1. The van der Waals surface area contributed by atoms with Gasteiger partial charge in [-0.05, 0) is 35.7 Å². The maximum Gasteiger partial charge on any atom is 0.290 e. The summed E-state index contributed by atoms with van der Waals surface area (Å²) in [5, 5.41) is 5.77. The van der Waals surface area contributed by atoms with Gasteiger partial charge in [0.15, 0.2) is 12.4 Å². The number of halogens is 1. The van der Waals surface area contributed by atoms with Crippen molar-refractivity contribution in [2.45, 2.75) is 6.54 Å². The van der Waals surface area contributed by atoms with Crippen molar-refractivity contribution in [3.8, 4) is 0 Å². The Balaban J connectivity index is 1.72. The third-order valence-corrected chi connectivity index (χ3v) is 3.45. The zero-order chi connectivity index (χ0) is 14.7. The number of benzene rings is 2. The molecule has 1 N–H and O–H groups in total. The molecule has 0 atom stereocenters. The molecule has 3 nitrogen and oxygen atoms in total. The molecule has 21 heavy (non-hydrogen) atoms. The minimum atomic E-state index is -0.0717. The Kier molecular flexibility index (Phi) is 3.84. The maximum atomic E-state index is 12.0. The second kappa shape index (κ2) is 5.94. The van der Waals surface area contributed by atoms with E-state index in [2.05, 4.69) is 5.32 Å². The average Bonchev–Trinajstić information content (AvgIpc) is 2.49. The Bertz CT molecular complexity index is 784. The Morgan fingerprint density at radius 1 is 1.00 bits per heavy atom. The number of carbonyl (C=O) groups excluding carboxylic acids is 1. The zero-order valence-electron chi connectivity index (χ0n) is 11.3. The van der Waals surface area contributed by atoms with Crippen LogP contribution in [0.15, 0.2) is 67.0 Å². The van der Waals surface area contributed by atoms with E-state index in [4.69, 9.17) is 11.6 Å². The largest absolute Gasteiger partial charge is 0.321 e. The topological polar surface area (TPSA) is 33.0 Å². The molecule has 0 radical (unpaired) electrons. The molecule has 0 fully saturated rings. The van der Waals surface area contributed by atoms with Gasteiger partial charge < -0.3 is 5.32 Å². The van der Waals surface area contributed by atoms with E-state index in [1.54, 1.807) is 24.3 Å². The molecule has 0 unspecified atom stereocenters. The molecule has 0 saturated heterocycles. The van der Waals surface area contributed by atoms with Crippen LogP contribution in [0.3, 0.4) is 0 Å². The number of aromatic nitrogens is 1. The molecule has 3 aromatic rings. The smallest absolute Gasteiger partial charge is 0.290 e. The Morgan fingerprint density at radius 3 is 2.48 bits per heavy atom. The van der Waals surface area contributed by atoms with Crippen molar-refractivity contribution >= 4 is 34.0 Å². The number of carbonyl (C=O) groups is 1. The Morgan fingerprint density at radius 2 is 1.71 bits per heavy atom. The van der Waals surface area contributed by atoms with E-state index in [1.807, 2.05) is 47.3 Å². The van der Waals surface area contributed by atoms with Gasteiger partial charge in [-0.3, -0.25) is 4.79 Å². The Labute approximate surface area is 127 Å². The molecule has 0 aliphatic heterocycles. The number of hydrogen-bond acceptors (Lipinski definition) is 1. The van der Waals surface area contributed by atoms with Gasteiger partial charge in [0, 0.05) is 22.2 Å². The van der Waals surface area contributed by atoms with Crippen LogP contribution in [0, 0.1) is 0 Å². The van der Waals surface area contributed by atoms with Gasteiger partial charge in [-0.2, -0.15) is 4.57 Å². The van der Waals surface area contributed by atoms with Crippen LogP contribution < -0.4 is 9.88 Å². The third-order valence-electron chi connectivity index (χ3n) is 3.20. The molecule has 0 bridgehead atoms. The predicted molar refractivity (Wildman–Crippen MR) is 84.2 cm³/mol. The van der Waals surface area contributed by atoms with Gasteiger partial charge >= 0.3 is 0 Å². The van der Waals surface area contributed by atoms with Crippen LogP contribution in [0.2, 0.25) is 5.02 Å². The van der Waals surface area contributed by atoms with E-state index in [-0.39, 0.29) is 12.5 Å². The molecule has 1 heterocycles. The summed E-state index contributed by atoms with van der Waals surface area (Å²) in [6, 6.07) is 17.1. The first-order valence-corrected chi connectivity index (χ1v) is 7.02. The second-order valence-corrected chi connectivity index (χ2v) is 5.24. The van der Waals surface area contributed by atoms with E-state index >= 15 is 0 Å². The summed E-state index contributed by atoms with van der Waals surface area (Å²) < 4.78 is 1.87. The number of fused-ring (bicyclic) bond motifs is 1. The van der Waals surface area contributed by atoms with Gasteiger partial charge in [-0.25, -0.2) is 0 Å². The van der Waals surface area contributed by atoms with Crippen LogP contribution in [0.4, 0.5) is 5.69 Å². The zero-order valence-corrected chi connectivity index (χ0v) is 12.0. The highest BCUT2D eigenvalue weighted by molar-refractivity contribution is 6.30. The summed E-state index contributed by atoms with van der Waals surface area (Å²) >= 11 is 5.82. The van der Waals surface area contributed by atoms with Crippen LogP contribution >= 0.6 is 11.6 Å². The van der Waals surface area contributed by atoms with Crippen LogP contribution in [-0.2, 0) is 11.3 Å². The van der Waals surface area contributed by atoms with Crippen molar-refractivity contribution in [2.75, 3.05) is 5.32 Å². The van der Waals surface area contributed by atoms with Crippen molar-refractivity contribution in [2.24, 2.45) is 0 Å². The number of amides is 1. The number of rotatable bonds is 3. The summed E-state index contributed by atoms with van der Waals surface area (Å²) in [6.45, 7) is 0.271. The SMILES string of the molecule is O=C(C[n+]1ccc2ccccc2c1)Nc1ccc(Cl)cc1. The number of hydrogen-bond donors (Lipinski definition) is 1. The third kappa shape index (κ3) is 3.38. The van der Waals surface area contributed by atoms with Crippen LogP contribution in [0.1, 0.15) is 0 Å². The lowest BCUT2D eigenvalue weighted by Crippen LogP contribution is -2.39. The highest BCUT2D eigenvalue weighted by atomic mass is 35.5. The highest BCUT2D eigenvalue weighted by Crippen LogP contribution is 2.13. The number of pyridine rings is 1. The number of nitrogens with zero attached hydrogens (tertiary/aromatic N) is 1. The van der Waals surface area contributed by atoms with E-state index in [0.717, 1.165) is 16.5 Å². The van der Waals surface area contributed by atoms with Crippen molar-refractivity contribution in [1.82, 2.24) is 0 Å². The molecule has 0 spiro atoms. The summed E-state index contributed by atoms with van der Waals surface area (Å²) in [4.78, 5) is 12.0. The fourth-order valence-corrected chi connectivity index (χ4v) is 2.30. The molecule has 3 rings (SSSR count). The molecule has 2 aromatic carbocycles. The highest BCUT2D eigenvalue weighted by Gasteiger charge is 2.10. The van der Waals surface area contributed by atoms with Gasteiger partial charge in [0.2, 0.25) is 6.54 Å². The summed E-state index contributed by atoms with van der Waals surface area (Å²) in [5.74, 6) is -0.0717. The number of anilines is 1. The average molecular weight is 298 g/mol. The molecule has 0 aliphatic rings. The van der Waals surface area contributed by atoms with E-state index in [1.165, 1.54) is 0 Å². The van der Waals surface area contributed by atoms with Gasteiger partial charge in [0.1, 0.15) is 0 Å². The molecule has 1 aromatic heterocycles. The van der Waals surface area contributed by atoms with E-state index < -0.39 is 0 Å². The molecule has 0 saturated carbocycles. The second-order valence-electron chi connectivity index (χ2n) is 4.80. The summed E-state index contributed by atoms with van der Waals surface area (Å²) in [6.07, 6.45) is 3.88. The van der Waals surface area contributed by atoms with Gasteiger partial charge in [-0.1, -0.05) is 29.8 Å². The normalized spacial score (nSPS) is 10.5. The quantitative estimate of drug-likeness (QED) is 0.738. The van der Waals surface area contributed by atoms with Crippen LogP contribution in [0.25, 0.3) is 10.8 Å². The van der Waals surface area contributed by atoms with Crippen molar-refractivity contribution in [3.05, 3.63) is 72.0 Å². The monoisotopic (exact) mass is 297 g/mol. The molecule has 104 valence electrons. The van der Waals surface area contributed by atoms with Crippen molar-refractivity contribution < 1.29 is 9.36 Å². The Hall–Kier alpha value is -2.39. The van der Waals surface area contributed by atoms with Gasteiger partial charge in [-0.15, -0.1) is 0 Å².